The van der Waals surface area contributed by atoms with Crippen molar-refractivity contribution in [3.63, 3.8) is 0 Å². The van der Waals surface area contributed by atoms with Crippen molar-refractivity contribution in [3.05, 3.63) is 0 Å². The highest BCUT2D eigenvalue weighted by Gasteiger charge is 2.27. The molecule has 1 nitrogen and oxygen atoms in total. The van der Waals surface area contributed by atoms with Crippen LogP contribution in [0.1, 0.15) is 54.4 Å². The van der Waals surface area contributed by atoms with E-state index in [1.54, 1.807) is 0 Å². The second kappa shape index (κ2) is 7.08. The molecular formula is C12H27NS2. The number of hydrogen-bond acceptors (Lipinski definition) is 3. The standard InChI is InChI=1S/C12H27NS2/c1-7-9-14-11(3,4)13-12(5,6)15-10-8-2/h13H,7-10H2,1-6H3. The Hall–Kier alpha value is 0.660. The van der Waals surface area contributed by atoms with Crippen molar-refractivity contribution in [1.82, 2.24) is 5.32 Å². The van der Waals surface area contributed by atoms with Gasteiger partial charge in [0.25, 0.3) is 0 Å². The van der Waals surface area contributed by atoms with E-state index in [1.165, 1.54) is 24.3 Å². The molecule has 0 radical (unpaired) electrons. The third-order valence-electron chi connectivity index (χ3n) is 1.94. The zero-order valence-corrected chi connectivity index (χ0v) is 12.8. The van der Waals surface area contributed by atoms with Gasteiger partial charge < -0.3 is 0 Å². The smallest absolute Gasteiger partial charge is 0.0598 e. The molecule has 0 heterocycles. The largest absolute Gasteiger partial charge is 0.289 e. The Bertz CT molecular complexity index is 149. The van der Waals surface area contributed by atoms with Gasteiger partial charge in [0.1, 0.15) is 0 Å². The van der Waals surface area contributed by atoms with Gasteiger partial charge >= 0.3 is 0 Å². The van der Waals surface area contributed by atoms with Crippen molar-refractivity contribution in [3.8, 4) is 0 Å². The third kappa shape index (κ3) is 8.47. The zero-order chi connectivity index (χ0) is 11.9. The summed E-state index contributed by atoms with van der Waals surface area (Å²) < 4.78 is 0. The quantitative estimate of drug-likeness (QED) is 0.643. The molecule has 0 saturated carbocycles. The molecule has 15 heavy (non-hydrogen) atoms. The normalized spacial score (nSPS) is 13.2. The molecule has 0 unspecified atom stereocenters. The van der Waals surface area contributed by atoms with Gasteiger partial charge in [0.15, 0.2) is 0 Å². The first-order valence-electron chi connectivity index (χ1n) is 5.90. The molecule has 0 aromatic rings. The second-order valence-corrected chi connectivity index (χ2v) is 8.28. The average molecular weight is 249 g/mol. The van der Waals surface area contributed by atoms with E-state index in [-0.39, 0.29) is 9.74 Å². The highest BCUT2D eigenvalue weighted by atomic mass is 32.2. The summed E-state index contributed by atoms with van der Waals surface area (Å²) in [5.41, 5.74) is 0. The Morgan fingerprint density at radius 1 is 0.800 bits per heavy atom. The van der Waals surface area contributed by atoms with Crippen LogP contribution in [0.5, 0.6) is 0 Å². The van der Waals surface area contributed by atoms with Crippen LogP contribution >= 0.6 is 23.5 Å². The predicted molar refractivity (Wildman–Crippen MR) is 76.8 cm³/mol. The van der Waals surface area contributed by atoms with Crippen LogP contribution in [0.2, 0.25) is 0 Å². The molecule has 0 spiro atoms. The molecule has 0 aromatic carbocycles. The maximum atomic E-state index is 3.73. The van der Waals surface area contributed by atoms with E-state index in [0.717, 1.165) is 0 Å². The van der Waals surface area contributed by atoms with Gasteiger partial charge in [-0.2, -0.15) is 0 Å². The molecule has 0 amide bonds. The lowest BCUT2D eigenvalue weighted by Crippen LogP contribution is -2.48. The summed E-state index contributed by atoms with van der Waals surface area (Å²) in [6, 6.07) is 0. The summed E-state index contributed by atoms with van der Waals surface area (Å²) in [6.07, 6.45) is 2.50. The first-order chi connectivity index (χ1) is 6.83. The molecule has 0 fully saturated rings. The van der Waals surface area contributed by atoms with Gasteiger partial charge in [-0.25, -0.2) is 0 Å². The van der Waals surface area contributed by atoms with E-state index < -0.39 is 0 Å². The topological polar surface area (TPSA) is 12.0 Å². The minimum Gasteiger partial charge on any atom is -0.289 e. The minimum atomic E-state index is 0.181. The first kappa shape index (κ1) is 15.7. The zero-order valence-electron chi connectivity index (χ0n) is 11.1. The summed E-state index contributed by atoms with van der Waals surface area (Å²) in [4.78, 5) is 0.362. The predicted octanol–water partition coefficient (Wildman–Crippen LogP) is 4.33. The van der Waals surface area contributed by atoms with Crippen molar-refractivity contribution in [2.24, 2.45) is 0 Å². The van der Waals surface area contributed by atoms with Gasteiger partial charge in [-0.1, -0.05) is 13.8 Å². The third-order valence-corrected chi connectivity index (χ3v) is 4.81. The second-order valence-electron chi connectivity index (χ2n) is 4.84. The van der Waals surface area contributed by atoms with Crippen LogP contribution in [-0.2, 0) is 0 Å². The monoisotopic (exact) mass is 249 g/mol. The number of rotatable bonds is 8. The van der Waals surface area contributed by atoms with Crippen molar-refractivity contribution in [2.45, 2.75) is 64.1 Å². The van der Waals surface area contributed by atoms with E-state index in [4.69, 9.17) is 0 Å². The van der Waals surface area contributed by atoms with Gasteiger partial charge in [-0.15, -0.1) is 23.5 Å². The van der Waals surface area contributed by atoms with Crippen LogP contribution in [0.4, 0.5) is 0 Å². The van der Waals surface area contributed by atoms with Crippen molar-refractivity contribution >= 4 is 23.5 Å². The molecular weight excluding hydrogens is 222 g/mol. The highest BCUT2D eigenvalue weighted by molar-refractivity contribution is 8.01. The van der Waals surface area contributed by atoms with Crippen LogP contribution in [0.3, 0.4) is 0 Å². The maximum absolute atomic E-state index is 3.73. The molecule has 0 aliphatic rings. The lowest BCUT2D eigenvalue weighted by molar-refractivity contribution is 0.448. The van der Waals surface area contributed by atoms with Crippen molar-refractivity contribution < 1.29 is 0 Å². The van der Waals surface area contributed by atoms with E-state index in [1.807, 2.05) is 23.5 Å². The van der Waals surface area contributed by atoms with Gasteiger partial charge in [-0.05, 0) is 52.0 Å². The van der Waals surface area contributed by atoms with Crippen LogP contribution < -0.4 is 5.32 Å². The molecule has 1 N–H and O–H groups in total. The van der Waals surface area contributed by atoms with Gasteiger partial charge in [-0.3, -0.25) is 5.32 Å². The Morgan fingerprint density at radius 2 is 1.13 bits per heavy atom. The number of hydrogen-bond donors (Lipinski definition) is 1. The van der Waals surface area contributed by atoms with Gasteiger partial charge in [0, 0.05) is 0 Å². The highest BCUT2D eigenvalue weighted by Crippen LogP contribution is 2.30. The Balaban J connectivity index is 4.04. The van der Waals surface area contributed by atoms with E-state index in [2.05, 4.69) is 46.9 Å². The summed E-state index contributed by atoms with van der Waals surface area (Å²) >= 11 is 4.03. The average Bonchev–Trinajstić information content (AvgIpc) is 2.10. The lowest BCUT2D eigenvalue weighted by Gasteiger charge is -2.36. The molecule has 3 heteroatoms. The fourth-order valence-corrected chi connectivity index (χ4v) is 3.66. The van der Waals surface area contributed by atoms with Crippen LogP contribution in [0.15, 0.2) is 0 Å². The molecule has 0 aliphatic carbocycles. The fraction of sp³-hybridized carbons (Fsp3) is 1.00. The Morgan fingerprint density at radius 3 is 1.40 bits per heavy atom. The maximum Gasteiger partial charge on any atom is 0.0598 e. The lowest BCUT2D eigenvalue weighted by atomic mass is 10.3. The minimum absolute atomic E-state index is 0.181. The molecule has 0 bridgehead atoms. The molecule has 0 saturated heterocycles. The van der Waals surface area contributed by atoms with E-state index in [9.17, 15) is 0 Å². The van der Waals surface area contributed by atoms with Crippen LogP contribution in [0.25, 0.3) is 0 Å². The summed E-state index contributed by atoms with van der Waals surface area (Å²) in [6.45, 7) is 13.6. The van der Waals surface area contributed by atoms with Crippen molar-refractivity contribution in [2.75, 3.05) is 11.5 Å². The van der Waals surface area contributed by atoms with Crippen LogP contribution in [-0.4, -0.2) is 21.2 Å². The van der Waals surface area contributed by atoms with Crippen LogP contribution in [0, 0.1) is 0 Å². The van der Waals surface area contributed by atoms with Gasteiger partial charge in [0.2, 0.25) is 0 Å². The number of nitrogens with one attached hydrogen (secondary N) is 1. The molecule has 0 rings (SSSR count). The molecule has 0 atom stereocenters. The van der Waals surface area contributed by atoms with Gasteiger partial charge in [0.05, 0.1) is 9.74 Å². The summed E-state index contributed by atoms with van der Waals surface area (Å²) in [7, 11) is 0. The first-order valence-corrected chi connectivity index (χ1v) is 7.87. The SMILES string of the molecule is CCCSC(C)(C)NC(C)(C)SCCC. The van der Waals surface area contributed by atoms with Crippen molar-refractivity contribution in [1.29, 1.82) is 0 Å². The summed E-state index contributed by atoms with van der Waals surface area (Å²) in [5, 5.41) is 3.73. The Labute approximate surface area is 105 Å². The molecule has 0 aromatic heterocycles. The molecule has 92 valence electrons. The number of thioether (sulfide) groups is 2. The summed E-state index contributed by atoms with van der Waals surface area (Å²) in [5.74, 6) is 2.46. The Kier molecular flexibility index (Phi) is 7.39. The van der Waals surface area contributed by atoms with E-state index in [0.29, 0.717) is 0 Å². The van der Waals surface area contributed by atoms with E-state index >= 15 is 0 Å². The fourth-order valence-electron chi connectivity index (χ4n) is 1.51. The molecule has 0 aliphatic heterocycles.